The van der Waals surface area contributed by atoms with Crippen LogP contribution in [0.5, 0.6) is 0 Å². The third-order valence-electron chi connectivity index (χ3n) is 12.2. The molecule has 0 aliphatic carbocycles. The molecule has 11 heteroatoms. The van der Waals surface area contributed by atoms with Gasteiger partial charge < -0.3 is 44.5 Å². The van der Waals surface area contributed by atoms with Crippen molar-refractivity contribution < 1.29 is 78.9 Å². The normalized spacial score (nSPS) is 43.6. The maximum absolute atomic E-state index is 14.1. The van der Waals surface area contributed by atoms with Gasteiger partial charge in [0.2, 0.25) is 0 Å². The van der Waals surface area contributed by atoms with Gasteiger partial charge in [0, 0.05) is 41.5 Å². The van der Waals surface area contributed by atoms with Gasteiger partial charge in [-0.3, -0.25) is 4.79 Å². The molecule has 0 radical (unpaired) electrons. The maximum Gasteiger partial charge on any atom is 1.00 e. The Hall–Kier alpha value is -0.140. The number of carbonyl (C=O) groups excluding carboxylic acids is 2. The number of carboxylic acid groups (broad SMARTS) is 1. The van der Waals surface area contributed by atoms with Crippen molar-refractivity contribution in [2.75, 3.05) is 0 Å². The van der Waals surface area contributed by atoms with Crippen molar-refractivity contribution in [1.29, 1.82) is 0 Å². The predicted molar refractivity (Wildman–Crippen MR) is 166 cm³/mol. The van der Waals surface area contributed by atoms with Crippen LogP contribution in [0.3, 0.4) is 0 Å². The molecule has 3 saturated heterocycles. The van der Waals surface area contributed by atoms with E-state index in [1.807, 2.05) is 48.5 Å². The van der Waals surface area contributed by atoms with Crippen LogP contribution in [0.25, 0.3) is 0 Å². The van der Waals surface area contributed by atoms with Gasteiger partial charge in [-0.15, -0.1) is 0 Å². The van der Waals surface area contributed by atoms with E-state index in [1.54, 1.807) is 20.8 Å². The van der Waals surface area contributed by atoms with Gasteiger partial charge in [0.1, 0.15) is 11.4 Å². The van der Waals surface area contributed by atoms with Gasteiger partial charge in [0.05, 0.1) is 30.0 Å². The Labute approximate surface area is 298 Å². The fraction of sp³-hybridized carbons (Fsp3) is 0.943. The van der Waals surface area contributed by atoms with E-state index >= 15 is 0 Å². The summed E-state index contributed by atoms with van der Waals surface area (Å²) in [6.45, 7) is 20.0. The molecule has 0 aromatic heterocycles. The topological polar surface area (TPSA) is 166 Å². The van der Waals surface area contributed by atoms with E-state index in [-0.39, 0.29) is 53.1 Å². The molecule has 0 bridgehead atoms. The van der Waals surface area contributed by atoms with E-state index in [4.69, 9.17) is 14.2 Å². The number of aliphatic hydroxyl groups excluding tert-OH is 2. The molecule has 0 amide bonds. The largest absolute Gasteiger partial charge is 1.00 e. The second-order valence-electron chi connectivity index (χ2n) is 15.3. The Morgan fingerprint density at radius 1 is 0.891 bits per heavy atom. The van der Waals surface area contributed by atoms with Crippen molar-refractivity contribution in [2.24, 2.45) is 47.3 Å². The quantitative estimate of drug-likeness (QED) is 0.200. The minimum atomic E-state index is -1.96. The number of ether oxygens (including phenoxy) is 3. The first-order chi connectivity index (χ1) is 20.7. The molecule has 0 saturated carbocycles. The Bertz CT molecular complexity index is 1060. The SMILES string of the molecule is CC[C@@H](C(=O)[C@@H](C)[C@@H](O)[C@H](C)[C@H]1O[C@@](O)([C@H](C)C(=O)[O-])[C@H](C)C[C@@H]1C)[C@H]1O[C@](C)([C@]2(O)O[C@@](CC)([C@@H](O)CC)C[C@H]2C)C[C@@H]1C.[Na+]. The third kappa shape index (κ3) is 7.19. The third-order valence-corrected chi connectivity index (χ3v) is 12.2. The Morgan fingerprint density at radius 2 is 1.48 bits per heavy atom. The first-order valence-electron chi connectivity index (χ1n) is 17.3. The summed E-state index contributed by atoms with van der Waals surface area (Å²) in [6, 6.07) is 0. The molecule has 3 fully saturated rings. The molecule has 4 N–H and O–H groups in total. The Balaban J connectivity index is 0.00000736. The molecule has 10 nitrogen and oxygen atoms in total. The van der Waals surface area contributed by atoms with E-state index < -0.39 is 82.8 Å². The molecular formula is C35H61NaO10. The number of aliphatic hydroxyl groups is 4. The molecule has 3 heterocycles. The number of hydrogen-bond acceptors (Lipinski definition) is 10. The zero-order valence-corrected chi connectivity index (χ0v) is 32.4. The summed E-state index contributed by atoms with van der Waals surface area (Å²) in [4.78, 5) is 25.8. The van der Waals surface area contributed by atoms with Gasteiger partial charge in [-0.2, -0.15) is 0 Å². The molecule has 3 aliphatic heterocycles. The molecule has 16 atom stereocenters. The fourth-order valence-corrected chi connectivity index (χ4v) is 9.06. The molecule has 262 valence electrons. The average Bonchev–Trinajstić information content (AvgIpc) is 3.46. The molecule has 0 unspecified atom stereocenters. The zero-order valence-electron chi connectivity index (χ0n) is 30.4. The van der Waals surface area contributed by atoms with Crippen LogP contribution in [-0.2, 0) is 23.8 Å². The van der Waals surface area contributed by atoms with E-state index in [9.17, 15) is 35.1 Å². The van der Waals surface area contributed by atoms with Crippen LogP contribution in [0.2, 0.25) is 0 Å². The van der Waals surface area contributed by atoms with E-state index in [1.165, 1.54) is 6.92 Å². The van der Waals surface area contributed by atoms with Crippen molar-refractivity contribution >= 4 is 11.8 Å². The molecule has 3 rings (SSSR count). The van der Waals surface area contributed by atoms with Crippen molar-refractivity contribution in [2.45, 2.75) is 162 Å². The minimum Gasteiger partial charge on any atom is -0.550 e. The van der Waals surface area contributed by atoms with Crippen LogP contribution in [-0.4, -0.2) is 79.4 Å². The number of hydrogen-bond donors (Lipinski definition) is 4. The number of aliphatic carboxylic acids is 1. The summed E-state index contributed by atoms with van der Waals surface area (Å²) >= 11 is 0. The van der Waals surface area contributed by atoms with Crippen molar-refractivity contribution in [3.63, 3.8) is 0 Å². The smallest absolute Gasteiger partial charge is 0.550 e. The second kappa shape index (κ2) is 15.4. The monoisotopic (exact) mass is 664 g/mol. The van der Waals surface area contributed by atoms with Crippen LogP contribution >= 0.6 is 0 Å². The van der Waals surface area contributed by atoms with Gasteiger partial charge in [0.15, 0.2) is 11.6 Å². The van der Waals surface area contributed by atoms with Gasteiger partial charge in [-0.1, -0.05) is 69.2 Å². The standard InChI is InChI=1S/C35H62O10.Na/c1-12-25(30-19(5)16-32(11,43-30)35(42)21(7)17-33(14-3,45-35)26(36)13-2)28(38)22(8)27(37)23(9)29-18(4)15-20(6)34(41,44-29)24(10)31(39)40;/h18-27,29-30,36-37,41-42H,12-17H2,1-11H3,(H,39,40);/q;+1/p-1/t18-,19-,20+,21+,22-,23-,24+,25-,26-,27+,29-,30-,32-,33+,34+,35+;/m0./s1. The van der Waals surface area contributed by atoms with Gasteiger partial charge in [-0.25, -0.2) is 0 Å². The minimum absolute atomic E-state index is 0. The number of carbonyl (C=O) groups is 2. The molecule has 0 aromatic rings. The summed E-state index contributed by atoms with van der Waals surface area (Å²) in [6.07, 6.45) is -0.128. The van der Waals surface area contributed by atoms with Crippen LogP contribution in [0.15, 0.2) is 0 Å². The molecule has 3 aliphatic rings. The number of rotatable bonds is 13. The van der Waals surface area contributed by atoms with Crippen molar-refractivity contribution in [3.05, 3.63) is 0 Å². The zero-order chi connectivity index (χ0) is 34.4. The van der Waals surface area contributed by atoms with Crippen LogP contribution in [0.4, 0.5) is 0 Å². The van der Waals surface area contributed by atoms with Crippen molar-refractivity contribution in [3.8, 4) is 0 Å². The Kier molecular flexibility index (Phi) is 14.1. The number of Topliss-reactive ketones (excluding diaryl/α,β-unsaturated/α-hetero) is 1. The van der Waals surface area contributed by atoms with Gasteiger partial charge >= 0.3 is 29.6 Å². The first kappa shape index (κ1) is 42.0. The van der Waals surface area contributed by atoms with Gasteiger partial charge in [-0.05, 0) is 57.3 Å². The molecule has 0 spiro atoms. The van der Waals surface area contributed by atoms with Crippen LogP contribution < -0.4 is 34.7 Å². The fourth-order valence-electron chi connectivity index (χ4n) is 9.06. The van der Waals surface area contributed by atoms with Crippen LogP contribution in [0.1, 0.15) is 115 Å². The molecule has 46 heavy (non-hydrogen) atoms. The first-order valence-corrected chi connectivity index (χ1v) is 17.3. The summed E-state index contributed by atoms with van der Waals surface area (Å²) in [5, 5.41) is 57.4. The van der Waals surface area contributed by atoms with Crippen LogP contribution in [0, 0.1) is 47.3 Å². The van der Waals surface area contributed by atoms with Gasteiger partial charge in [0.25, 0.3) is 0 Å². The average molecular weight is 665 g/mol. The molecule has 0 aromatic carbocycles. The summed E-state index contributed by atoms with van der Waals surface area (Å²) in [7, 11) is 0. The van der Waals surface area contributed by atoms with Crippen molar-refractivity contribution in [1.82, 2.24) is 0 Å². The maximum atomic E-state index is 14.1. The number of carboxylic acids is 1. The summed E-state index contributed by atoms with van der Waals surface area (Å²) < 4.78 is 19.2. The number of ketones is 1. The van der Waals surface area contributed by atoms with E-state index in [0.717, 1.165) is 0 Å². The Morgan fingerprint density at radius 3 is 1.98 bits per heavy atom. The summed E-state index contributed by atoms with van der Waals surface area (Å²) in [5.41, 5.74) is -2.00. The van der Waals surface area contributed by atoms with E-state index in [0.29, 0.717) is 38.5 Å². The predicted octanol–water partition coefficient (Wildman–Crippen LogP) is 0.203. The summed E-state index contributed by atoms with van der Waals surface area (Å²) in [5.74, 6) is -9.39. The second-order valence-corrected chi connectivity index (χ2v) is 15.3. The van der Waals surface area contributed by atoms with E-state index in [2.05, 4.69) is 0 Å². The molecular weight excluding hydrogens is 603 g/mol.